The molecule has 0 aliphatic heterocycles. The maximum atomic E-state index is 11.7. The molecule has 0 aliphatic carbocycles. The van der Waals surface area contributed by atoms with Gasteiger partial charge in [-0.15, -0.1) is 0 Å². The molecule has 0 spiro atoms. The van der Waals surface area contributed by atoms with E-state index in [-0.39, 0.29) is 22.4 Å². The maximum absolute atomic E-state index is 11.7. The number of carboxylic acids is 1. The quantitative estimate of drug-likeness (QED) is 0.726. The van der Waals surface area contributed by atoms with Crippen molar-refractivity contribution in [2.24, 2.45) is 7.05 Å². The van der Waals surface area contributed by atoms with Gasteiger partial charge in [0.2, 0.25) is 5.91 Å². The van der Waals surface area contributed by atoms with Crippen molar-refractivity contribution in [3.05, 3.63) is 21.9 Å². The fraction of sp³-hybridized carbons (Fsp3) is 0.300. The summed E-state index contributed by atoms with van der Waals surface area (Å²) in [4.78, 5) is 33.1. The van der Waals surface area contributed by atoms with Crippen LogP contribution in [0.2, 0.25) is 10.2 Å². The van der Waals surface area contributed by atoms with Gasteiger partial charge >= 0.3 is 5.97 Å². The minimum atomic E-state index is -1.17. The fourth-order valence-electron chi connectivity index (χ4n) is 1.25. The lowest BCUT2D eigenvalue weighted by Gasteiger charge is -2.06. The van der Waals surface area contributed by atoms with Crippen molar-refractivity contribution < 1.29 is 19.5 Å². The van der Waals surface area contributed by atoms with Crippen LogP contribution < -0.4 is 10.6 Å². The first kappa shape index (κ1) is 15.3. The average molecular weight is 308 g/mol. The van der Waals surface area contributed by atoms with E-state index >= 15 is 0 Å². The van der Waals surface area contributed by atoms with E-state index in [1.165, 1.54) is 10.6 Å². The van der Waals surface area contributed by atoms with Crippen molar-refractivity contribution in [1.29, 1.82) is 0 Å². The number of halogens is 2. The Balaban J connectivity index is 2.54. The molecule has 1 aromatic heterocycles. The van der Waals surface area contributed by atoms with Crippen molar-refractivity contribution in [2.75, 3.05) is 13.1 Å². The van der Waals surface area contributed by atoms with Crippen LogP contribution in [0, 0.1) is 0 Å². The summed E-state index contributed by atoms with van der Waals surface area (Å²) in [5.74, 6) is -2.32. The zero-order chi connectivity index (χ0) is 14.6. The molecule has 104 valence electrons. The molecule has 1 heterocycles. The molecule has 0 saturated heterocycles. The Bertz CT molecular complexity index is 527. The Morgan fingerprint density at radius 2 is 1.89 bits per heavy atom. The topological polar surface area (TPSA) is 100 Å². The summed E-state index contributed by atoms with van der Waals surface area (Å²) in [5, 5.41) is 13.2. The number of nitrogens with zero attached hydrogens (tertiary/aromatic N) is 1. The highest BCUT2D eigenvalue weighted by atomic mass is 35.5. The number of carbonyl (C=O) groups excluding carboxylic acids is 2. The van der Waals surface area contributed by atoms with E-state index in [2.05, 4.69) is 10.6 Å². The third kappa shape index (κ3) is 4.15. The summed E-state index contributed by atoms with van der Waals surface area (Å²) in [6.45, 7) is -0.844. The van der Waals surface area contributed by atoms with Gasteiger partial charge < -0.3 is 20.3 Å². The highest BCUT2D eigenvalue weighted by molar-refractivity contribution is 6.41. The van der Waals surface area contributed by atoms with Gasteiger partial charge in [0.15, 0.2) is 0 Å². The van der Waals surface area contributed by atoms with Crippen LogP contribution in [0.4, 0.5) is 0 Å². The smallest absolute Gasteiger partial charge is 0.322 e. The molecule has 0 saturated carbocycles. The van der Waals surface area contributed by atoms with Gasteiger partial charge in [-0.25, -0.2) is 0 Å². The van der Waals surface area contributed by atoms with Crippen LogP contribution in [-0.2, 0) is 16.6 Å². The van der Waals surface area contributed by atoms with Gasteiger partial charge in [-0.05, 0) is 6.07 Å². The third-order valence-electron chi connectivity index (χ3n) is 2.20. The monoisotopic (exact) mass is 307 g/mol. The van der Waals surface area contributed by atoms with E-state index < -0.39 is 24.3 Å². The van der Waals surface area contributed by atoms with Gasteiger partial charge in [-0.1, -0.05) is 23.2 Å². The molecule has 7 nitrogen and oxygen atoms in total. The minimum Gasteiger partial charge on any atom is -0.480 e. The van der Waals surface area contributed by atoms with Crippen LogP contribution in [0.1, 0.15) is 10.5 Å². The normalized spacial score (nSPS) is 10.1. The Labute approximate surface area is 118 Å². The molecule has 0 atom stereocenters. The van der Waals surface area contributed by atoms with Crippen LogP contribution in [-0.4, -0.2) is 40.5 Å². The highest BCUT2D eigenvalue weighted by Crippen LogP contribution is 2.24. The largest absolute Gasteiger partial charge is 0.480 e. The van der Waals surface area contributed by atoms with Crippen LogP contribution in [0.25, 0.3) is 0 Å². The number of carboxylic acid groups (broad SMARTS) is 1. The molecule has 3 N–H and O–H groups in total. The molecule has 2 amide bonds. The number of aliphatic carboxylic acids is 1. The molecular weight excluding hydrogens is 297 g/mol. The van der Waals surface area contributed by atoms with E-state index in [1.807, 2.05) is 0 Å². The maximum Gasteiger partial charge on any atom is 0.322 e. The molecule has 0 aliphatic rings. The highest BCUT2D eigenvalue weighted by Gasteiger charge is 2.16. The Morgan fingerprint density at radius 1 is 1.26 bits per heavy atom. The number of nitrogens with one attached hydrogen (secondary N) is 2. The summed E-state index contributed by atoms with van der Waals surface area (Å²) in [6, 6.07) is 1.37. The minimum absolute atomic E-state index is 0.195. The van der Waals surface area contributed by atoms with Gasteiger partial charge in [0, 0.05) is 7.05 Å². The lowest BCUT2D eigenvalue weighted by atomic mass is 10.4. The van der Waals surface area contributed by atoms with Crippen LogP contribution in [0.15, 0.2) is 6.07 Å². The first-order valence-electron chi connectivity index (χ1n) is 5.10. The van der Waals surface area contributed by atoms with Gasteiger partial charge in [0.25, 0.3) is 5.91 Å². The average Bonchev–Trinajstić information content (AvgIpc) is 2.61. The Morgan fingerprint density at radius 3 is 2.37 bits per heavy atom. The molecule has 19 heavy (non-hydrogen) atoms. The molecule has 0 fully saturated rings. The summed E-state index contributed by atoms with van der Waals surface area (Å²) in [5.41, 5.74) is 0.195. The molecule has 0 bridgehead atoms. The lowest BCUT2D eigenvalue weighted by molar-refractivity contribution is -0.137. The molecule has 0 unspecified atom stereocenters. The van der Waals surface area contributed by atoms with E-state index in [4.69, 9.17) is 28.3 Å². The molecule has 0 aromatic carbocycles. The van der Waals surface area contributed by atoms with Crippen LogP contribution >= 0.6 is 23.2 Å². The molecular formula is C10H11Cl2N3O4. The first-order chi connectivity index (χ1) is 8.82. The third-order valence-corrected chi connectivity index (χ3v) is 3.04. The number of aromatic nitrogens is 1. The van der Waals surface area contributed by atoms with E-state index in [0.29, 0.717) is 0 Å². The number of rotatable bonds is 5. The number of hydrogen-bond donors (Lipinski definition) is 3. The molecule has 0 radical (unpaired) electrons. The molecule has 1 rings (SSSR count). The van der Waals surface area contributed by atoms with E-state index in [1.54, 1.807) is 7.05 Å². The predicted octanol–water partition coefficient (Wildman–Crippen LogP) is 0.263. The number of amides is 2. The summed E-state index contributed by atoms with van der Waals surface area (Å²) in [7, 11) is 1.55. The van der Waals surface area contributed by atoms with Crippen LogP contribution in [0.3, 0.4) is 0 Å². The molecule has 1 aromatic rings. The van der Waals surface area contributed by atoms with E-state index in [9.17, 15) is 14.4 Å². The Hall–Kier alpha value is -1.73. The Kier molecular flexibility index (Phi) is 5.20. The second-order valence-corrected chi connectivity index (χ2v) is 4.35. The van der Waals surface area contributed by atoms with Crippen LogP contribution in [0.5, 0.6) is 0 Å². The second-order valence-electron chi connectivity index (χ2n) is 3.58. The number of carbonyl (C=O) groups is 3. The number of hydrogen-bond acceptors (Lipinski definition) is 3. The van der Waals surface area contributed by atoms with Gasteiger partial charge in [0.05, 0.1) is 11.6 Å². The summed E-state index contributed by atoms with van der Waals surface area (Å²) in [6.07, 6.45) is 0. The van der Waals surface area contributed by atoms with Crippen molar-refractivity contribution in [3.8, 4) is 0 Å². The summed E-state index contributed by atoms with van der Waals surface area (Å²) >= 11 is 11.5. The zero-order valence-electron chi connectivity index (χ0n) is 9.87. The van der Waals surface area contributed by atoms with E-state index in [0.717, 1.165) is 0 Å². The predicted molar refractivity (Wildman–Crippen MR) is 68.4 cm³/mol. The van der Waals surface area contributed by atoms with Crippen molar-refractivity contribution >= 4 is 41.0 Å². The van der Waals surface area contributed by atoms with Crippen molar-refractivity contribution in [2.45, 2.75) is 0 Å². The van der Waals surface area contributed by atoms with Gasteiger partial charge in [-0.2, -0.15) is 0 Å². The first-order valence-corrected chi connectivity index (χ1v) is 5.86. The summed E-state index contributed by atoms with van der Waals surface area (Å²) < 4.78 is 1.37. The van der Waals surface area contributed by atoms with Gasteiger partial charge in [-0.3, -0.25) is 14.4 Å². The lowest BCUT2D eigenvalue weighted by Crippen LogP contribution is -2.39. The second kappa shape index (κ2) is 6.44. The SMILES string of the molecule is Cn1c(C(=O)NCC(=O)NCC(=O)O)cc(Cl)c1Cl. The van der Waals surface area contributed by atoms with Crippen molar-refractivity contribution in [3.63, 3.8) is 0 Å². The fourth-order valence-corrected chi connectivity index (χ4v) is 1.62. The van der Waals surface area contributed by atoms with Crippen molar-refractivity contribution in [1.82, 2.24) is 15.2 Å². The zero-order valence-corrected chi connectivity index (χ0v) is 11.4. The van der Waals surface area contributed by atoms with Gasteiger partial charge in [0.1, 0.15) is 17.4 Å². The standard InChI is InChI=1S/C10H11Cl2N3O4/c1-15-6(2-5(11)9(15)12)10(19)14-3-7(16)13-4-8(17)18/h2H,3-4H2,1H3,(H,13,16)(H,14,19)(H,17,18). The molecule has 9 heteroatoms.